The zero-order valence-corrected chi connectivity index (χ0v) is 37.0. The summed E-state index contributed by atoms with van der Waals surface area (Å²) in [5, 5.41) is 28.6. The number of amides is 3. The maximum Gasteiger partial charge on any atom is 0.269 e. The first kappa shape index (κ1) is 45.0. The smallest absolute Gasteiger partial charge is 0.269 e. The molecule has 9 rings (SSSR count). The normalized spacial score (nSPS) is 24.5. The van der Waals surface area contributed by atoms with Gasteiger partial charge in [-0.3, -0.25) is 34.0 Å². The van der Waals surface area contributed by atoms with Gasteiger partial charge in [-0.25, -0.2) is 26.5 Å². The molecule has 346 valence electrons. The van der Waals surface area contributed by atoms with Gasteiger partial charge in [-0.05, 0) is 99.1 Å². The molecular weight excluding hydrogens is 863 g/mol. The van der Waals surface area contributed by atoms with Gasteiger partial charge in [0.1, 0.15) is 11.7 Å². The van der Waals surface area contributed by atoms with Crippen LogP contribution in [0.25, 0.3) is 11.0 Å². The Morgan fingerprint density at radius 3 is 2.32 bits per heavy atom. The number of benzene rings is 2. The molecule has 2 aromatic carbocycles. The van der Waals surface area contributed by atoms with Crippen molar-refractivity contribution < 1.29 is 41.8 Å². The summed E-state index contributed by atoms with van der Waals surface area (Å²) in [6.45, 7) is 4.40. The Labute approximate surface area is 375 Å². The van der Waals surface area contributed by atoms with Crippen LogP contribution in [0, 0.1) is 0 Å². The Morgan fingerprint density at radius 1 is 0.923 bits per heavy atom. The molecule has 5 aliphatic rings. The second-order valence-electron chi connectivity index (χ2n) is 18.6. The molecule has 1 aliphatic carbocycles. The summed E-state index contributed by atoms with van der Waals surface area (Å²) < 4.78 is 57.4. The number of pyridine rings is 1. The van der Waals surface area contributed by atoms with Crippen LogP contribution < -0.4 is 16.2 Å². The Hall–Kier alpha value is -5.21. The first-order valence-electron chi connectivity index (χ1n) is 22.5. The molecule has 1 saturated carbocycles. The fourth-order valence-corrected chi connectivity index (χ4v) is 11.9. The van der Waals surface area contributed by atoms with E-state index in [1.54, 1.807) is 19.1 Å². The molecule has 3 saturated heterocycles. The lowest BCUT2D eigenvalue weighted by Gasteiger charge is -2.38. The van der Waals surface area contributed by atoms with Crippen LogP contribution in [0.3, 0.4) is 0 Å². The van der Waals surface area contributed by atoms with Crippen LogP contribution in [-0.4, -0.2) is 115 Å². The highest BCUT2D eigenvalue weighted by molar-refractivity contribution is 7.89. The fourth-order valence-electron chi connectivity index (χ4n) is 10.3. The summed E-state index contributed by atoms with van der Waals surface area (Å²) in [5.74, 6) is -0.894. The predicted octanol–water partition coefficient (Wildman–Crippen LogP) is 3.90. The molecule has 0 bridgehead atoms. The van der Waals surface area contributed by atoms with Crippen molar-refractivity contribution in [1.82, 2.24) is 34.0 Å². The quantitative estimate of drug-likeness (QED) is 0.149. The summed E-state index contributed by atoms with van der Waals surface area (Å²) in [6, 6.07) is 12.8. The van der Waals surface area contributed by atoms with E-state index in [0.717, 1.165) is 28.3 Å². The number of carbonyl (C=O) groups excluding carboxylic acids is 3. The minimum atomic E-state index is -3.56. The highest BCUT2D eigenvalue weighted by Crippen LogP contribution is 2.40. The zero-order valence-electron chi connectivity index (χ0n) is 36.2. The van der Waals surface area contributed by atoms with E-state index in [-0.39, 0.29) is 60.0 Å². The zero-order chi connectivity index (χ0) is 45.8. The molecule has 4 fully saturated rings. The van der Waals surface area contributed by atoms with Gasteiger partial charge >= 0.3 is 0 Å². The number of rotatable bonds is 12. The van der Waals surface area contributed by atoms with Crippen LogP contribution in [0.5, 0.6) is 0 Å². The van der Waals surface area contributed by atoms with Crippen molar-refractivity contribution in [3.05, 3.63) is 98.5 Å². The van der Waals surface area contributed by atoms with E-state index in [4.69, 9.17) is 0 Å². The number of halogens is 2. The number of aryl methyl sites for hydroxylation is 1. The molecule has 3 atom stereocenters. The van der Waals surface area contributed by atoms with Crippen molar-refractivity contribution in [3.8, 4) is 0 Å². The summed E-state index contributed by atoms with van der Waals surface area (Å²) in [4.78, 5) is 63.2. The molecule has 6 heterocycles. The molecule has 1 unspecified atom stereocenters. The van der Waals surface area contributed by atoms with E-state index in [2.05, 4.69) is 25.5 Å². The molecule has 3 amide bonds. The minimum absolute atomic E-state index is 0.0438. The Balaban J connectivity index is 0.747. The van der Waals surface area contributed by atoms with Gasteiger partial charge in [-0.1, -0.05) is 36.4 Å². The molecule has 4 aliphatic heterocycles. The number of aliphatic hydroxyl groups is 2. The Bertz CT molecular complexity index is 2680. The number of hydrogen-bond acceptors (Lipinski definition) is 12. The lowest BCUT2D eigenvalue weighted by molar-refractivity contribution is -0.136. The lowest BCUT2D eigenvalue weighted by atomic mass is 9.83. The number of piperidine rings is 3. The maximum absolute atomic E-state index is 13.9. The largest absolute Gasteiger partial charge is 0.388 e. The number of anilines is 1. The average Bonchev–Trinajstić information content (AvgIpc) is 3.80. The van der Waals surface area contributed by atoms with Crippen molar-refractivity contribution in [3.63, 3.8) is 0 Å². The topological polar surface area (TPSA) is 207 Å². The Morgan fingerprint density at radius 2 is 1.65 bits per heavy atom. The van der Waals surface area contributed by atoms with Crippen molar-refractivity contribution in [2.45, 2.75) is 120 Å². The molecular formula is C46H54F2N8O8S. The van der Waals surface area contributed by atoms with Crippen LogP contribution in [0.1, 0.15) is 115 Å². The predicted molar refractivity (Wildman–Crippen MR) is 235 cm³/mol. The van der Waals surface area contributed by atoms with E-state index >= 15 is 0 Å². The highest BCUT2D eigenvalue weighted by atomic mass is 32.2. The van der Waals surface area contributed by atoms with Crippen molar-refractivity contribution in [2.75, 3.05) is 37.2 Å². The first-order chi connectivity index (χ1) is 31.0. The monoisotopic (exact) mass is 916 g/mol. The van der Waals surface area contributed by atoms with E-state index in [0.29, 0.717) is 89.7 Å². The third-order valence-corrected chi connectivity index (χ3v) is 16.1. The van der Waals surface area contributed by atoms with Gasteiger partial charge in [-0.15, -0.1) is 0 Å². The fraction of sp³-hybridized carbons (Fsp3) is 0.522. The highest BCUT2D eigenvalue weighted by Gasteiger charge is 2.42. The summed E-state index contributed by atoms with van der Waals surface area (Å²) in [6.07, 6.45) is 2.67. The van der Waals surface area contributed by atoms with Crippen molar-refractivity contribution in [1.29, 1.82) is 0 Å². The molecule has 16 nitrogen and oxygen atoms in total. The van der Waals surface area contributed by atoms with Gasteiger partial charge in [-0.2, -0.15) is 4.98 Å². The van der Waals surface area contributed by atoms with Crippen LogP contribution in [-0.2, 0) is 44.7 Å². The molecule has 4 aromatic rings. The number of hydrogen-bond donors (Lipinski definition) is 4. The number of alkyl halides is 2. The lowest BCUT2D eigenvalue weighted by Crippen LogP contribution is -2.52. The van der Waals surface area contributed by atoms with Crippen molar-refractivity contribution >= 4 is 44.7 Å². The number of imide groups is 1. The van der Waals surface area contributed by atoms with Gasteiger partial charge in [0.25, 0.3) is 17.9 Å². The number of sulfonamides is 1. The maximum atomic E-state index is 13.9. The van der Waals surface area contributed by atoms with Crippen LogP contribution in [0.15, 0.2) is 59.5 Å². The van der Waals surface area contributed by atoms with Gasteiger partial charge in [0.2, 0.25) is 27.8 Å². The minimum Gasteiger partial charge on any atom is -0.388 e. The van der Waals surface area contributed by atoms with Gasteiger partial charge < -0.3 is 20.4 Å². The molecule has 19 heteroatoms. The van der Waals surface area contributed by atoms with Crippen LogP contribution in [0.2, 0.25) is 0 Å². The SMILES string of the molecule is C[C@@]1(O)CCC[C@H]1n1c(=O)c(C(F)F)cc2cnc(NC3CCN(S(=O)(=O)CCc4ccc(CN5CCC(O)(c6ccc7c(c6)CN(C6CCC(=O)NC6=O)C7=O)CC5)cc4)CC3)nc21. The molecule has 0 spiro atoms. The Kier molecular flexibility index (Phi) is 12.1. The number of aromatic nitrogens is 3. The summed E-state index contributed by atoms with van der Waals surface area (Å²) in [7, 11) is -3.56. The first-order valence-corrected chi connectivity index (χ1v) is 24.1. The second-order valence-corrected chi connectivity index (χ2v) is 20.7. The number of nitrogens with zero attached hydrogens (tertiary/aromatic N) is 6. The van der Waals surface area contributed by atoms with E-state index in [1.807, 2.05) is 30.3 Å². The number of likely N-dealkylation sites (tertiary alicyclic amines) is 1. The average molecular weight is 917 g/mol. The summed E-state index contributed by atoms with van der Waals surface area (Å²) in [5.41, 5.74) is 0.264. The van der Waals surface area contributed by atoms with Gasteiger partial charge in [0.15, 0.2) is 0 Å². The third kappa shape index (κ3) is 9.04. The van der Waals surface area contributed by atoms with E-state index < -0.39 is 56.8 Å². The second kappa shape index (κ2) is 17.5. The van der Waals surface area contributed by atoms with Gasteiger partial charge in [0.05, 0.1) is 28.6 Å². The molecule has 65 heavy (non-hydrogen) atoms. The molecule has 2 aromatic heterocycles. The molecule has 4 N–H and O–H groups in total. The van der Waals surface area contributed by atoms with E-state index in [9.17, 15) is 46.6 Å². The van der Waals surface area contributed by atoms with Crippen LogP contribution in [0.4, 0.5) is 14.7 Å². The number of nitrogens with one attached hydrogen (secondary N) is 2. The van der Waals surface area contributed by atoms with Crippen LogP contribution >= 0.6 is 0 Å². The van der Waals surface area contributed by atoms with Gasteiger partial charge in [0, 0.05) is 68.9 Å². The standard InChI is InChI=1S/C46H54F2N8O8S/c1-45(61)15-2-3-37(45)56-40-30(24-35(39(47)48)43(56)60)25-49-44(52-40)50-33-12-18-54(19-13-33)65(63,64)22-14-28-4-6-29(7-5-28)26-53-20-16-46(62,17-21-53)32-8-9-34-31(23-32)27-55(42(34)59)36-10-11-38(57)51-41(36)58/h4-9,23-25,33,36-37,39,61-62H,2-3,10-22,26-27H2,1H3,(H,49,50,52)(H,51,57,58)/t36?,37-,45-/m1/s1. The molecule has 0 radical (unpaired) electrons. The number of fused-ring (bicyclic) bond motifs is 2. The third-order valence-electron chi connectivity index (χ3n) is 14.2. The summed E-state index contributed by atoms with van der Waals surface area (Å²) >= 11 is 0. The van der Waals surface area contributed by atoms with E-state index in [1.165, 1.54) is 20.0 Å². The van der Waals surface area contributed by atoms with Crippen molar-refractivity contribution in [2.24, 2.45) is 0 Å². The number of carbonyl (C=O) groups is 3.